The molecule has 0 atom stereocenters. The minimum Gasteiger partial charge on any atom is -0.165 e. The molecule has 2 rings (SSSR count). The Labute approximate surface area is 132 Å². The van der Waals surface area contributed by atoms with Gasteiger partial charge in [-0.2, -0.15) is 13.2 Å². The van der Waals surface area contributed by atoms with Crippen molar-refractivity contribution in [1.82, 2.24) is 0 Å². The number of hydrogen-bond acceptors (Lipinski definition) is 0. The van der Waals surface area contributed by atoms with Gasteiger partial charge in [0, 0.05) is 11.1 Å². The zero-order valence-electron chi connectivity index (χ0n) is 11.7. The summed E-state index contributed by atoms with van der Waals surface area (Å²) in [5.74, 6) is 5.84. The number of alkyl halides is 3. The lowest BCUT2D eigenvalue weighted by molar-refractivity contribution is -0.0836. The Morgan fingerprint density at radius 1 is 1.05 bits per heavy atom. The highest BCUT2D eigenvalue weighted by atomic mass is 35.5. The van der Waals surface area contributed by atoms with E-state index in [1.54, 1.807) is 24.3 Å². The van der Waals surface area contributed by atoms with E-state index in [4.69, 9.17) is 11.6 Å². The highest BCUT2D eigenvalue weighted by molar-refractivity contribution is 6.32. The van der Waals surface area contributed by atoms with E-state index in [1.165, 1.54) is 0 Å². The van der Waals surface area contributed by atoms with Crippen molar-refractivity contribution in [3.63, 3.8) is 0 Å². The summed E-state index contributed by atoms with van der Waals surface area (Å²) in [6.45, 7) is 1.95. The molecule has 0 aliphatic heterocycles. The van der Waals surface area contributed by atoms with Crippen LogP contribution in [-0.2, 0) is 0 Å². The van der Waals surface area contributed by atoms with Gasteiger partial charge >= 0.3 is 6.18 Å². The fourth-order valence-corrected chi connectivity index (χ4v) is 1.93. The maximum absolute atomic E-state index is 12.5. The minimum atomic E-state index is -4.56. The number of hydrogen-bond donors (Lipinski definition) is 0. The first kappa shape index (κ1) is 16.2. The molecule has 2 aromatic rings. The van der Waals surface area contributed by atoms with E-state index in [0.29, 0.717) is 11.1 Å². The maximum atomic E-state index is 12.5. The maximum Gasteiger partial charge on any atom is 0.426 e. The summed E-state index contributed by atoms with van der Waals surface area (Å²) in [4.78, 5) is 0. The van der Waals surface area contributed by atoms with Crippen LogP contribution in [-0.4, -0.2) is 6.18 Å². The summed E-state index contributed by atoms with van der Waals surface area (Å²) < 4.78 is 37.6. The van der Waals surface area contributed by atoms with Crippen LogP contribution < -0.4 is 0 Å². The van der Waals surface area contributed by atoms with Crippen LogP contribution in [0.1, 0.15) is 22.3 Å². The largest absolute Gasteiger partial charge is 0.426 e. The second kappa shape index (κ2) is 6.72. The molecule has 0 heterocycles. The number of rotatable bonds is 1. The molecule has 22 heavy (non-hydrogen) atoms. The topological polar surface area (TPSA) is 0 Å². The summed E-state index contributed by atoms with van der Waals surface area (Å²) in [6, 6.07) is 14.2. The van der Waals surface area contributed by atoms with Crippen molar-refractivity contribution in [3.8, 4) is 11.8 Å². The van der Waals surface area contributed by atoms with Gasteiger partial charge < -0.3 is 0 Å². The Morgan fingerprint density at radius 2 is 1.77 bits per heavy atom. The lowest BCUT2D eigenvalue weighted by atomic mass is 10.1. The smallest absolute Gasteiger partial charge is 0.165 e. The summed E-state index contributed by atoms with van der Waals surface area (Å²) in [7, 11) is 0. The molecule has 0 saturated carbocycles. The number of allylic oxidation sites excluding steroid dienone is 1. The predicted molar refractivity (Wildman–Crippen MR) is 83.5 cm³/mol. The Kier molecular flexibility index (Phi) is 4.95. The molecule has 112 valence electrons. The Hall–Kier alpha value is -2.18. The van der Waals surface area contributed by atoms with Crippen LogP contribution in [0.5, 0.6) is 0 Å². The number of halogens is 4. The third kappa shape index (κ3) is 4.41. The molecule has 0 aliphatic rings. The number of benzene rings is 2. The highest BCUT2D eigenvalue weighted by Crippen LogP contribution is 2.30. The van der Waals surface area contributed by atoms with Gasteiger partial charge in [-0.25, -0.2) is 0 Å². The summed E-state index contributed by atoms with van der Waals surface area (Å²) in [5.41, 5.74) is 2.71. The fourth-order valence-electron chi connectivity index (χ4n) is 1.82. The third-order valence-electron chi connectivity index (χ3n) is 2.87. The summed E-state index contributed by atoms with van der Waals surface area (Å²) >= 11 is 5.29. The molecular weight excluding hydrogens is 309 g/mol. The molecule has 0 amide bonds. The lowest BCUT2D eigenvalue weighted by Gasteiger charge is -2.05. The van der Waals surface area contributed by atoms with Crippen molar-refractivity contribution in [2.24, 2.45) is 0 Å². The summed E-state index contributed by atoms with van der Waals surface area (Å²) in [6.07, 6.45) is -3.67. The van der Waals surface area contributed by atoms with Crippen LogP contribution in [0.15, 0.2) is 53.6 Å². The monoisotopic (exact) mass is 320 g/mol. The Balaban J connectivity index is 2.39. The molecule has 0 fully saturated rings. The molecule has 0 nitrogen and oxygen atoms in total. The average molecular weight is 321 g/mol. The second-order valence-corrected chi connectivity index (χ2v) is 5.10. The molecule has 2 aromatic carbocycles. The van der Waals surface area contributed by atoms with Crippen LogP contribution in [0.2, 0.25) is 0 Å². The van der Waals surface area contributed by atoms with Crippen LogP contribution in [0.3, 0.4) is 0 Å². The molecule has 0 N–H and O–H groups in total. The molecule has 4 heteroatoms. The van der Waals surface area contributed by atoms with Gasteiger partial charge in [-0.15, -0.1) is 0 Å². The van der Waals surface area contributed by atoms with E-state index in [1.807, 2.05) is 31.2 Å². The molecule has 0 aromatic heterocycles. The van der Waals surface area contributed by atoms with Crippen molar-refractivity contribution < 1.29 is 13.2 Å². The van der Waals surface area contributed by atoms with E-state index in [9.17, 15) is 13.2 Å². The van der Waals surface area contributed by atoms with E-state index in [0.717, 1.165) is 17.2 Å². The molecule has 0 unspecified atom stereocenters. The van der Waals surface area contributed by atoms with E-state index in [2.05, 4.69) is 11.8 Å². The summed E-state index contributed by atoms with van der Waals surface area (Å²) in [5, 5.41) is -1.17. The van der Waals surface area contributed by atoms with Crippen LogP contribution in [0, 0.1) is 18.8 Å². The fraction of sp³-hybridized carbons (Fsp3) is 0.111. The third-order valence-corrected chi connectivity index (χ3v) is 3.20. The Bertz CT molecular complexity index is 762. The predicted octanol–water partition coefficient (Wildman–Crippen LogP) is 5.54. The molecule has 0 radical (unpaired) electrons. The van der Waals surface area contributed by atoms with Crippen molar-refractivity contribution in [2.45, 2.75) is 13.1 Å². The van der Waals surface area contributed by atoms with Gasteiger partial charge in [-0.3, -0.25) is 0 Å². The molecule has 0 spiro atoms. The Morgan fingerprint density at radius 3 is 2.45 bits per heavy atom. The van der Waals surface area contributed by atoms with Crippen molar-refractivity contribution in [3.05, 3.63) is 75.8 Å². The van der Waals surface area contributed by atoms with Crippen molar-refractivity contribution >= 4 is 17.7 Å². The molecular formula is C18H12ClF3. The zero-order valence-corrected chi connectivity index (χ0v) is 12.5. The molecule has 0 saturated heterocycles. The van der Waals surface area contributed by atoms with Crippen molar-refractivity contribution in [2.75, 3.05) is 0 Å². The normalized spacial score (nSPS) is 11.8. The van der Waals surface area contributed by atoms with Gasteiger partial charge in [0.2, 0.25) is 0 Å². The quantitative estimate of drug-likeness (QED) is 0.605. The van der Waals surface area contributed by atoms with Crippen LogP contribution in [0.25, 0.3) is 6.08 Å². The number of aryl methyl sites for hydroxylation is 1. The van der Waals surface area contributed by atoms with Crippen LogP contribution >= 0.6 is 11.6 Å². The van der Waals surface area contributed by atoms with Gasteiger partial charge in [0.15, 0.2) is 0 Å². The van der Waals surface area contributed by atoms with E-state index >= 15 is 0 Å². The second-order valence-electron chi connectivity index (χ2n) is 4.70. The van der Waals surface area contributed by atoms with Gasteiger partial charge in [-0.1, -0.05) is 53.8 Å². The lowest BCUT2D eigenvalue weighted by Crippen LogP contribution is -2.06. The van der Waals surface area contributed by atoms with Gasteiger partial charge in [0.05, 0.1) is 0 Å². The molecule has 0 aliphatic carbocycles. The van der Waals surface area contributed by atoms with Crippen LogP contribution in [0.4, 0.5) is 13.2 Å². The first-order chi connectivity index (χ1) is 10.4. The average Bonchev–Trinajstić information content (AvgIpc) is 2.45. The van der Waals surface area contributed by atoms with E-state index in [-0.39, 0.29) is 0 Å². The van der Waals surface area contributed by atoms with Gasteiger partial charge in [-0.05, 0) is 42.3 Å². The molecule has 0 bridgehead atoms. The SMILES string of the molecule is Cc1cccc(C#Cc2ccccc2/C=C(\Cl)C(F)(F)F)c1. The standard InChI is InChI=1S/C18H12ClF3/c1-13-5-4-6-14(11-13)9-10-15-7-2-3-8-16(15)12-17(19)18(20,21)22/h2-8,11-12H,1H3/b17-12-. The highest BCUT2D eigenvalue weighted by Gasteiger charge is 2.32. The zero-order chi connectivity index (χ0) is 16.2. The van der Waals surface area contributed by atoms with Gasteiger partial charge in [0.1, 0.15) is 5.03 Å². The first-order valence-corrected chi connectivity index (χ1v) is 6.86. The minimum absolute atomic E-state index is 0.338. The van der Waals surface area contributed by atoms with Gasteiger partial charge in [0.25, 0.3) is 0 Å². The van der Waals surface area contributed by atoms with E-state index < -0.39 is 11.2 Å². The van der Waals surface area contributed by atoms with Crippen molar-refractivity contribution in [1.29, 1.82) is 0 Å². The first-order valence-electron chi connectivity index (χ1n) is 6.48.